The summed E-state index contributed by atoms with van der Waals surface area (Å²) in [6, 6.07) is 18.8. The van der Waals surface area contributed by atoms with E-state index in [0.29, 0.717) is 11.8 Å². The Morgan fingerprint density at radius 1 is 1.00 bits per heavy atom. The number of hydrogen-bond donors (Lipinski definition) is 1. The van der Waals surface area contributed by atoms with Gasteiger partial charge in [0.1, 0.15) is 0 Å². The molecule has 2 N–H and O–H groups in total. The van der Waals surface area contributed by atoms with Crippen LogP contribution in [0.3, 0.4) is 0 Å². The number of rotatable bonds is 5. The van der Waals surface area contributed by atoms with Crippen molar-refractivity contribution in [2.24, 2.45) is 5.73 Å². The Balaban J connectivity index is 2.04. The molecule has 2 aromatic carbocycles. The third-order valence-electron chi connectivity index (χ3n) is 2.76. The van der Waals surface area contributed by atoms with Crippen molar-refractivity contribution in [2.45, 2.75) is 11.0 Å². The first-order valence-corrected chi connectivity index (χ1v) is 7.75. The monoisotopic (exact) mass is 321 g/mol. The van der Waals surface area contributed by atoms with Gasteiger partial charge in [0.25, 0.3) is 0 Å². The molecule has 0 heterocycles. The Morgan fingerprint density at radius 2 is 1.67 bits per heavy atom. The maximum atomic E-state index is 5.90. The molecule has 0 aliphatic heterocycles. The van der Waals surface area contributed by atoms with Gasteiger partial charge in [0.2, 0.25) is 0 Å². The van der Waals surface area contributed by atoms with E-state index >= 15 is 0 Å². The summed E-state index contributed by atoms with van der Waals surface area (Å²) in [5.74, 6) is 0.990. The van der Waals surface area contributed by atoms with Crippen LogP contribution in [0.15, 0.2) is 59.1 Å². The predicted molar refractivity (Wildman–Crippen MR) is 83.7 cm³/mol. The van der Waals surface area contributed by atoms with Gasteiger partial charge in [0.15, 0.2) is 0 Å². The molecule has 1 nitrogen and oxygen atoms in total. The molecule has 0 spiro atoms. The summed E-state index contributed by atoms with van der Waals surface area (Å²) < 4.78 is 1.14. The van der Waals surface area contributed by atoms with E-state index in [2.05, 4.69) is 58.4 Å². The van der Waals surface area contributed by atoms with Crippen molar-refractivity contribution in [1.82, 2.24) is 0 Å². The molecule has 0 aliphatic carbocycles. The van der Waals surface area contributed by atoms with Crippen LogP contribution in [0.2, 0.25) is 0 Å². The molecule has 0 bridgehead atoms. The fraction of sp³-hybridized carbons (Fsp3) is 0.200. The lowest BCUT2D eigenvalue weighted by molar-refractivity contribution is 0.935. The summed E-state index contributed by atoms with van der Waals surface area (Å²) >= 11 is 5.48. The highest BCUT2D eigenvalue weighted by Gasteiger charge is 2.12. The van der Waals surface area contributed by atoms with Crippen molar-refractivity contribution >= 4 is 27.7 Å². The normalized spacial score (nSPS) is 12.3. The minimum absolute atomic E-state index is 0.334. The fourth-order valence-electron chi connectivity index (χ4n) is 1.79. The Hall–Kier alpha value is -0.770. The van der Waals surface area contributed by atoms with Crippen LogP contribution >= 0.6 is 27.7 Å². The second-order valence-electron chi connectivity index (χ2n) is 4.04. The summed E-state index contributed by atoms with van der Waals surface area (Å²) in [7, 11) is 0. The molecule has 94 valence electrons. The first kappa shape index (κ1) is 13.7. The summed E-state index contributed by atoms with van der Waals surface area (Å²) in [5, 5.41) is 0.334. The van der Waals surface area contributed by atoms with Gasteiger partial charge in [-0.25, -0.2) is 0 Å². The van der Waals surface area contributed by atoms with Crippen LogP contribution in [0.4, 0.5) is 0 Å². The summed E-state index contributed by atoms with van der Waals surface area (Å²) in [4.78, 5) is 0. The number of nitrogens with two attached hydrogens (primary N) is 1. The van der Waals surface area contributed by atoms with E-state index in [1.54, 1.807) is 0 Å². The average molecular weight is 322 g/mol. The Morgan fingerprint density at radius 3 is 2.33 bits per heavy atom. The topological polar surface area (TPSA) is 26.0 Å². The molecule has 18 heavy (non-hydrogen) atoms. The number of thioether (sulfide) groups is 1. The molecule has 1 unspecified atom stereocenters. The zero-order valence-corrected chi connectivity index (χ0v) is 12.5. The van der Waals surface area contributed by atoms with Gasteiger partial charge in [-0.2, -0.15) is 0 Å². The van der Waals surface area contributed by atoms with E-state index in [-0.39, 0.29) is 0 Å². The number of hydrogen-bond acceptors (Lipinski definition) is 2. The van der Waals surface area contributed by atoms with Crippen molar-refractivity contribution in [2.75, 3.05) is 6.54 Å². The summed E-state index contributed by atoms with van der Waals surface area (Å²) in [5.41, 5.74) is 8.52. The lowest BCUT2D eigenvalue weighted by Gasteiger charge is -2.16. The number of halogens is 1. The van der Waals surface area contributed by atoms with E-state index < -0.39 is 0 Å². The van der Waals surface area contributed by atoms with Crippen LogP contribution in [0.25, 0.3) is 0 Å². The summed E-state index contributed by atoms with van der Waals surface area (Å²) in [6.07, 6.45) is 0. The average Bonchev–Trinajstić information content (AvgIpc) is 2.42. The minimum Gasteiger partial charge on any atom is -0.329 e. The predicted octanol–water partition coefficient (Wildman–Crippen LogP) is 4.38. The maximum Gasteiger partial charge on any atom is 0.0434 e. The molecule has 0 saturated carbocycles. The molecule has 0 aliphatic rings. The van der Waals surface area contributed by atoms with E-state index in [4.69, 9.17) is 5.73 Å². The largest absolute Gasteiger partial charge is 0.329 e. The molecule has 0 radical (unpaired) electrons. The third kappa shape index (κ3) is 3.61. The highest BCUT2D eigenvalue weighted by molar-refractivity contribution is 9.10. The second kappa shape index (κ2) is 6.98. The van der Waals surface area contributed by atoms with Crippen LogP contribution in [0.5, 0.6) is 0 Å². The van der Waals surface area contributed by atoms with Crippen LogP contribution in [0.1, 0.15) is 16.4 Å². The van der Waals surface area contributed by atoms with Gasteiger partial charge >= 0.3 is 0 Å². The molecule has 0 fully saturated rings. The smallest absolute Gasteiger partial charge is 0.0434 e. The first-order chi connectivity index (χ1) is 8.81. The standard InChI is InChI=1S/C15H16BrNS/c16-14-9-5-4-8-13(14)15(10-17)18-11-12-6-2-1-3-7-12/h1-9,15H,10-11,17H2. The third-order valence-corrected chi connectivity index (χ3v) is 4.83. The second-order valence-corrected chi connectivity index (χ2v) is 6.09. The van der Waals surface area contributed by atoms with Crippen molar-refractivity contribution in [1.29, 1.82) is 0 Å². The maximum absolute atomic E-state index is 5.90. The zero-order chi connectivity index (χ0) is 12.8. The Kier molecular flexibility index (Phi) is 5.29. The van der Waals surface area contributed by atoms with Crippen LogP contribution in [-0.4, -0.2) is 6.54 Å². The highest BCUT2D eigenvalue weighted by Crippen LogP contribution is 2.34. The van der Waals surface area contributed by atoms with E-state index in [1.807, 2.05) is 23.9 Å². The van der Waals surface area contributed by atoms with E-state index in [1.165, 1.54) is 11.1 Å². The first-order valence-electron chi connectivity index (χ1n) is 5.91. The van der Waals surface area contributed by atoms with Gasteiger partial charge < -0.3 is 5.73 Å². The zero-order valence-electron chi connectivity index (χ0n) is 10.1. The summed E-state index contributed by atoms with van der Waals surface area (Å²) in [6.45, 7) is 0.653. The van der Waals surface area contributed by atoms with Gasteiger partial charge in [0.05, 0.1) is 0 Å². The van der Waals surface area contributed by atoms with Crippen molar-refractivity contribution in [3.05, 3.63) is 70.2 Å². The van der Waals surface area contributed by atoms with Gasteiger partial charge in [-0.15, -0.1) is 11.8 Å². The lowest BCUT2D eigenvalue weighted by Crippen LogP contribution is -2.10. The van der Waals surface area contributed by atoms with Gasteiger partial charge in [0, 0.05) is 22.0 Å². The number of benzene rings is 2. The molecule has 0 saturated heterocycles. The molecule has 1 atom stereocenters. The van der Waals surface area contributed by atoms with Gasteiger partial charge in [-0.05, 0) is 17.2 Å². The fourth-order valence-corrected chi connectivity index (χ4v) is 3.61. The Bertz CT molecular complexity index is 487. The van der Waals surface area contributed by atoms with Crippen LogP contribution in [-0.2, 0) is 5.75 Å². The molecule has 0 aromatic heterocycles. The van der Waals surface area contributed by atoms with Crippen molar-refractivity contribution < 1.29 is 0 Å². The minimum atomic E-state index is 0.334. The Labute approximate surface area is 121 Å². The quantitative estimate of drug-likeness (QED) is 0.884. The molecule has 0 amide bonds. The van der Waals surface area contributed by atoms with E-state index in [0.717, 1.165) is 10.2 Å². The van der Waals surface area contributed by atoms with Gasteiger partial charge in [-0.3, -0.25) is 0 Å². The molecule has 3 heteroatoms. The lowest BCUT2D eigenvalue weighted by atomic mass is 10.1. The molecule has 2 aromatic rings. The molecular formula is C15H16BrNS. The van der Waals surface area contributed by atoms with Crippen LogP contribution < -0.4 is 5.73 Å². The highest BCUT2D eigenvalue weighted by atomic mass is 79.9. The molecular weight excluding hydrogens is 306 g/mol. The SMILES string of the molecule is NCC(SCc1ccccc1)c1ccccc1Br. The van der Waals surface area contributed by atoms with Crippen molar-refractivity contribution in [3.8, 4) is 0 Å². The van der Waals surface area contributed by atoms with Crippen molar-refractivity contribution in [3.63, 3.8) is 0 Å². The van der Waals surface area contributed by atoms with E-state index in [9.17, 15) is 0 Å². The van der Waals surface area contributed by atoms with Gasteiger partial charge in [-0.1, -0.05) is 64.5 Å². The molecule has 2 rings (SSSR count). The van der Waals surface area contributed by atoms with Crippen LogP contribution in [0, 0.1) is 0 Å².